The fraction of sp³-hybridized carbons (Fsp3) is 0.353. The lowest BCUT2D eigenvalue weighted by molar-refractivity contribution is -0.145. The van der Waals surface area contributed by atoms with Crippen molar-refractivity contribution < 1.29 is 23.9 Å². The minimum absolute atomic E-state index is 0.196. The molecule has 7 heteroatoms. The first-order valence-corrected chi connectivity index (χ1v) is 8.40. The predicted molar refractivity (Wildman–Crippen MR) is 91.5 cm³/mol. The van der Waals surface area contributed by atoms with Gasteiger partial charge in [0.1, 0.15) is 5.75 Å². The fourth-order valence-corrected chi connectivity index (χ4v) is 3.09. The molecule has 1 saturated heterocycles. The van der Waals surface area contributed by atoms with Crippen molar-refractivity contribution in [3.8, 4) is 5.75 Å². The van der Waals surface area contributed by atoms with E-state index >= 15 is 0 Å². The molecule has 0 N–H and O–H groups in total. The largest absolute Gasteiger partial charge is 0.481 e. The summed E-state index contributed by atoms with van der Waals surface area (Å²) in [5.41, 5.74) is 0.621. The van der Waals surface area contributed by atoms with E-state index in [0.717, 1.165) is 11.8 Å². The van der Waals surface area contributed by atoms with Crippen molar-refractivity contribution in [1.29, 1.82) is 0 Å². The van der Waals surface area contributed by atoms with Crippen LogP contribution in [0.1, 0.15) is 26.3 Å². The highest BCUT2D eigenvalue weighted by Gasteiger charge is 2.36. The molecule has 1 fully saturated rings. The Morgan fingerprint density at radius 3 is 2.62 bits per heavy atom. The minimum Gasteiger partial charge on any atom is -0.481 e. The maximum Gasteiger partial charge on any atom is 0.344 e. The number of hydrogen-bond acceptors (Lipinski definition) is 6. The molecule has 24 heavy (non-hydrogen) atoms. The van der Waals surface area contributed by atoms with Crippen LogP contribution in [-0.4, -0.2) is 41.3 Å². The molecule has 2 amide bonds. The molecule has 6 nitrogen and oxygen atoms in total. The third kappa shape index (κ3) is 4.17. The Bertz CT molecular complexity index is 683. The Balaban J connectivity index is 2.20. The summed E-state index contributed by atoms with van der Waals surface area (Å²) in [6, 6.07) is 6.80. The molecule has 1 aliphatic heterocycles. The second-order valence-electron chi connectivity index (χ2n) is 5.28. The summed E-state index contributed by atoms with van der Waals surface area (Å²) in [6.45, 7) is 5.36. The van der Waals surface area contributed by atoms with Crippen molar-refractivity contribution in [3.63, 3.8) is 0 Å². The van der Waals surface area contributed by atoms with E-state index < -0.39 is 5.97 Å². The van der Waals surface area contributed by atoms with Gasteiger partial charge in [-0.2, -0.15) is 0 Å². The number of benzene rings is 1. The number of amides is 2. The van der Waals surface area contributed by atoms with Gasteiger partial charge in [-0.25, -0.2) is 4.79 Å². The molecule has 0 aliphatic carbocycles. The number of carbonyl (C=O) groups is 3. The van der Waals surface area contributed by atoms with Gasteiger partial charge in [-0.1, -0.05) is 18.2 Å². The summed E-state index contributed by atoms with van der Waals surface area (Å²) in [6.07, 6.45) is 1.60. The van der Waals surface area contributed by atoms with Crippen molar-refractivity contribution >= 4 is 35.0 Å². The maximum absolute atomic E-state index is 12.3. The van der Waals surface area contributed by atoms with Gasteiger partial charge < -0.3 is 9.47 Å². The van der Waals surface area contributed by atoms with Crippen LogP contribution in [-0.2, 0) is 14.3 Å². The second-order valence-corrected chi connectivity index (χ2v) is 6.27. The highest BCUT2D eigenvalue weighted by Crippen LogP contribution is 2.34. The Morgan fingerprint density at radius 2 is 2.00 bits per heavy atom. The standard InChI is InChI=1S/C17H19NO5S/c1-4-22-15(19)10-23-13-8-6-5-7-12(13)9-14-16(20)18(11(2)3)17(21)24-14/h5-9,11H,4,10H2,1-3H3/b14-9+. The quantitative estimate of drug-likeness (QED) is 0.580. The smallest absolute Gasteiger partial charge is 0.344 e. The van der Waals surface area contributed by atoms with Gasteiger partial charge in [-0.15, -0.1) is 0 Å². The Labute approximate surface area is 144 Å². The number of ether oxygens (including phenoxy) is 2. The van der Waals surface area contributed by atoms with Crippen LogP contribution in [0.25, 0.3) is 6.08 Å². The van der Waals surface area contributed by atoms with E-state index in [1.165, 1.54) is 4.90 Å². The number of para-hydroxylation sites is 1. The molecule has 128 valence electrons. The third-order valence-corrected chi connectivity index (χ3v) is 4.08. The van der Waals surface area contributed by atoms with Crippen LogP contribution in [0.15, 0.2) is 29.2 Å². The molecule has 1 aromatic carbocycles. The van der Waals surface area contributed by atoms with E-state index in [0.29, 0.717) is 16.2 Å². The molecular weight excluding hydrogens is 330 g/mol. The molecule has 1 aliphatic rings. The zero-order chi connectivity index (χ0) is 17.7. The van der Waals surface area contributed by atoms with Gasteiger partial charge in [0.15, 0.2) is 6.61 Å². The van der Waals surface area contributed by atoms with Crippen molar-refractivity contribution in [3.05, 3.63) is 34.7 Å². The summed E-state index contributed by atoms with van der Waals surface area (Å²) in [7, 11) is 0. The SMILES string of the molecule is CCOC(=O)COc1ccccc1/C=C1/SC(=O)N(C(C)C)C1=O. The van der Waals surface area contributed by atoms with Gasteiger partial charge in [0, 0.05) is 11.6 Å². The van der Waals surface area contributed by atoms with E-state index in [1.54, 1.807) is 51.1 Å². The molecule has 0 spiro atoms. The lowest BCUT2D eigenvalue weighted by Crippen LogP contribution is -2.34. The number of carbonyl (C=O) groups excluding carboxylic acids is 3. The Hall–Kier alpha value is -2.28. The molecule has 1 aromatic rings. The van der Waals surface area contributed by atoms with Crippen molar-refractivity contribution in [2.24, 2.45) is 0 Å². The number of imide groups is 1. The van der Waals surface area contributed by atoms with Crippen LogP contribution in [0, 0.1) is 0 Å². The number of rotatable bonds is 6. The summed E-state index contributed by atoms with van der Waals surface area (Å²) < 4.78 is 10.3. The summed E-state index contributed by atoms with van der Waals surface area (Å²) in [5, 5.41) is -0.286. The molecular formula is C17H19NO5S. The molecule has 0 atom stereocenters. The number of hydrogen-bond donors (Lipinski definition) is 0. The minimum atomic E-state index is -0.465. The zero-order valence-electron chi connectivity index (χ0n) is 13.8. The van der Waals surface area contributed by atoms with Crippen LogP contribution in [0.4, 0.5) is 4.79 Å². The Morgan fingerprint density at radius 1 is 1.29 bits per heavy atom. The van der Waals surface area contributed by atoms with Crippen LogP contribution in [0.2, 0.25) is 0 Å². The van der Waals surface area contributed by atoms with E-state index in [-0.39, 0.29) is 30.4 Å². The summed E-state index contributed by atoms with van der Waals surface area (Å²) in [5.74, 6) is -0.338. The molecule has 0 saturated carbocycles. The summed E-state index contributed by atoms with van der Waals surface area (Å²) >= 11 is 0.898. The first-order chi connectivity index (χ1) is 11.4. The van der Waals surface area contributed by atoms with Gasteiger partial charge in [0.25, 0.3) is 11.1 Å². The summed E-state index contributed by atoms with van der Waals surface area (Å²) in [4.78, 5) is 37.2. The molecule has 0 radical (unpaired) electrons. The van der Waals surface area contributed by atoms with E-state index in [4.69, 9.17) is 9.47 Å². The topological polar surface area (TPSA) is 72.9 Å². The Kier molecular flexibility index (Phi) is 6.03. The molecule has 2 rings (SSSR count). The predicted octanol–water partition coefficient (Wildman–Crippen LogP) is 3.07. The van der Waals surface area contributed by atoms with Crippen molar-refractivity contribution in [2.75, 3.05) is 13.2 Å². The fourth-order valence-electron chi connectivity index (χ4n) is 2.14. The van der Waals surface area contributed by atoms with Gasteiger partial charge >= 0.3 is 5.97 Å². The monoisotopic (exact) mass is 349 g/mol. The second kappa shape index (κ2) is 8.01. The average molecular weight is 349 g/mol. The van der Waals surface area contributed by atoms with E-state index in [2.05, 4.69) is 0 Å². The number of esters is 1. The van der Waals surface area contributed by atoms with Crippen LogP contribution < -0.4 is 4.74 Å². The lowest BCUT2D eigenvalue weighted by atomic mass is 10.2. The third-order valence-electron chi connectivity index (χ3n) is 3.20. The highest BCUT2D eigenvalue weighted by molar-refractivity contribution is 8.18. The molecule has 1 heterocycles. The van der Waals surface area contributed by atoms with Crippen molar-refractivity contribution in [1.82, 2.24) is 4.90 Å². The molecule has 0 aromatic heterocycles. The molecule has 0 unspecified atom stereocenters. The highest BCUT2D eigenvalue weighted by atomic mass is 32.2. The normalized spacial score (nSPS) is 16.2. The van der Waals surface area contributed by atoms with Crippen LogP contribution in [0.5, 0.6) is 5.75 Å². The van der Waals surface area contributed by atoms with Gasteiger partial charge in [0.05, 0.1) is 11.5 Å². The maximum atomic E-state index is 12.3. The number of thioether (sulfide) groups is 1. The van der Waals surface area contributed by atoms with Crippen LogP contribution >= 0.6 is 11.8 Å². The lowest BCUT2D eigenvalue weighted by Gasteiger charge is -2.16. The molecule has 0 bridgehead atoms. The van der Waals surface area contributed by atoms with E-state index in [1.807, 2.05) is 0 Å². The van der Waals surface area contributed by atoms with E-state index in [9.17, 15) is 14.4 Å². The van der Waals surface area contributed by atoms with Crippen LogP contribution in [0.3, 0.4) is 0 Å². The van der Waals surface area contributed by atoms with Crippen molar-refractivity contribution in [2.45, 2.75) is 26.8 Å². The number of nitrogens with zero attached hydrogens (tertiary/aromatic N) is 1. The van der Waals surface area contributed by atoms with Gasteiger partial charge in [-0.3, -0.25) is 14.5 Å². The zero-order valence-corrected chi connectivity index (χ0v) is 14.6. The first kappa shape index (κ1) is 18.1. The van der Waals surface area contributed by atoms with Gasteiger partial charge in [0.2, 0.25) is 0 Å². The average Bonchev–Trinajstić information content (AvgIpc) is 2.81. The van der Waals surface area contributed by atoms with Gasteiger partial charge in [-0.05, 0) is 44.7 Å². The first-order valence-electron chi connectivity index (χ1n) is 7.58.